The first kappa shape index (κ1) is 33.1. The molecule has 0 aliphatic rings. The summed E-state index contributed by atoms with van der Waals surface area (Å²) in [5, 5.41) is 23.5. The van der Waals surface area contributed by atoms with Gasteiger partial charge in [-0.2, -0.15) is 0 Å². The minimum Gasteiger partial charge on any atom is -0.340 e. The lowest BCUT2D eigenvalue weighted by Gasteiger charge is -2.07. The number of benzene rings is 2. The monoisotopic (exact) mass is 710 g/mol. The van der Waals surface area contributed by atoms with Crippen LogP contribution in [-0.4, -0.2) is 59.9 Å². The van der Waals surface area contributed by atoms with E-state index in [1.807, 2.05) is 86.9 Å². The van der Waals surface area contributed by atoms with Gasteiger partial charge in [0.1, 0.15) is 45.6 Å². The van der Waals surface area contributed by atoms with Crippen molar-refractivity contribution in [1.82, 2.24) is 59.9 Å². The van der Waals surface area contributed by atoms with Crippen molar-refractivity contribution >= 4 is 80.7 Å². The molecule has 0 saturated carbocycles. The third-order valence-corrected chi connectivity index (χ3v) is 7.77. The summed E-state index contributed by atoms with van der Waals surface area (Å²) in [6.07, 6.45) is 6.26. The van der Waals surface area contributed by atoms with E-state index in [2.05, 4.69) is 61.2 Å². The van der Waals surface area contributed by atoms with Gasteiger partial charge in [-0.3, -0.25) is 0 Å². The number of nitrogens with zero attached hydrogens (tertiary/aromatic N) is 12. The average molecular weight is 712 g/mol. The fraction of sp³-hybridized carbons (Fsp3) is 0.0625. The Morgan fingerprint density at radius 3 is 1.43 bits per heavy atom. The molecule has 0 bridgehead atoms. The number of aryl methyl sites for hydroxylation is 2. The van der Waals surface area contributed by atoms with E-state index in [4.69, 9.17) is 23.2 Å². The lowest BCUT2D eigenvalue weighted by molar-refractivity contribution is 0.736. The fourth-order valence-corrected chi connectivity index (χ4v) is 5.26. The summed E-state index contributed by atoms with van der Waals surface area (Å²) >= 11 is 12.3. The quantitative estimate of drug-likeness (QED) is 0.173. The Morgan fingerprint density at radius 2 is 1.00 bits per heavy atom. The molecule has 6 heterocycles. The Bertz CT molecular complexity index is 2230. The zero-order valence-corrected chi connectivity index (χ0v) is 28.1. The molecule has 49 heavy (non-hydrogen) atoms. The molecule has 0 aliphatic carbocycles. The molecule has 2 N–H and O–H groups in total. The van der Waals surface area contributed by atoms with Crippen molar-refractivity contribution in [2.24, 2.45) is 14.1 Å². The van der Waals surface area contributed by atoms with Crippen LogP contribution in [0.2, 0.25) is 10.3 Å². The van der Waals surface area contributed by atoms with Crippen LogP contribution in [0.5, 0.6) is 0 Å². The van der Waals surface area contributed by atoms with E-state index in [-0.39, 0.29) is 12.4 Å². The molecule has 0 aliphatic heterocycles. The second kappa shape index (κ2) is 14.5. The number of rotatable bonds is 6. The van der Waals surface area contributed by atoms with Gasteiger partial charge in [0.2, 0.25) is 0 Å². The first-order valence-corrected chi connectivity index (χ1v) is 15.2. The van der Waals surface area contributed by atoms with Gasteiger partial charge in [0.05, 0.1) is 22.4 Å². The van der Waals surface area contributed by atoms with Crippen LogP contribution in [0.3, 0.4) is 0 Å². The highest BCUT2D eigenvalue weighted by Crippen LogP contribution is 2.28. The highest BCUT2D eigenvalue weighted by Gasteiger charge is 2.10. The summed E-state index contributed by atoms with van der Waals surface area (Å²) in [7, 11) is 3.72. The molecule has 14 nitrogen and oxygen atoms in total. The zero-order chi connectivity index (χ0) is 33.0. The summed E-state index contributed by atoms with van der Waals surface area (Å²) in [5.41, 5.74) is 8.20. The van der Waals surface area contributed by atoms with E-state index in [0.29, 0.717) is 33.3 Å². The second-order valence-corrected chi connectivity index (χ2v) is 11.1. The zero-order valence-electron chi connectivity index (χ0n) is 25.8. The van der Waals surface area contributed by atoms with E-state index in [1.54, 1.807) is 21.8 Å². The van der Waals surface area contributed by atoms with Crippen molar-refractivity contribution in [2.45, 2.75) is 0 Å². The van der Waals surface area contributed by atoms with E-state index in [9.17, 15) is 0 Å². The average Bonchev–Trinajstić information content (AvgIpc) is 3.66. The first-order valence-electron chi connectivity index (χ1n) is 14.4. The van der Waals surface area contributed by atoms with E-state index in [1.165, 1.54) is 12.7 Å². The van der Waals surface area contributed by atoms with Gasteiger partial charge in [-0.25, -0.2) is 39.3 Å². The molecular formula is C32H25Cl3N14. The largest absolute Gasteiger partial charge is 0.340 e. The second-order valence-electron chi connectivity index (χ2n) is 10.3. The maximum atomic E-state index is 6.13. The topological polar surface area (TPSA) is 163 Å². The number of halogens is 3. The van der Waals surface area contributed by atoms with Crippen LogP contribution in [0.1, 0.15) is 0 Å². The highest BCUT2D eigenvalue weighted by molar-refractivity contribution is 6.32. The highest BCUT2D eigenvalue weighted by atomic mass is 35.5. The maximum Gasteiger partial charge on any atom is 0.138 e. The fourth-order valence-electron chi connectivity index (χ4n) is 4.83. The number of aromatic nitrogens is 12. The Hall–Kier alpha value is -5.83. The Labute approximate surface area is 295 Å². The molecule has 17 heteroatoms. The molecular weight excluding hydrogens is 687 g/mol. The van der Waals surface area contributed by atoms with Crippen LogP contribution in [0, 0.1) is 0 Å². The van der Waals surface area contributed by atoms with Gasteiger partial charge < -0.3 is 10.6 Å². The smallest absolute Gasteiger partial charge is 0.138 e. The van der Waals surface area contributed by atoms with Gasteiger partial charge in [0, 0.05) is 61.1 Å². The van der Waals surface area contributed by atoms with Crippen LogP contribution in [0.15, 0.2) is 97.8 Å². The van der Waals surface area contributed by atoms with E-state index in [0.717, 1.165) is 44.6 Å². The molecule has 8 aromatic rings. The van der Waals surface area contributed by atoms with Crippen molar-refractivity contribution < 1.29 is 0 Å². The minimum atomic E-state index is 0. The van der Waals surface area contributed by atoms with Crippen LogP contribution in [-0.2, 0) is 14.1 Å². The van der Waals surface area contributed by atoms with Crippen molar-refractivity contribution in [3.8, 4) is 22.5 Å². The maximum absolute atomic E-state index is 6.13. The van der Waals surface area contributed by atoms with Crippen molar-refractivity contribution in [1.29, 1.82) is 0 Å². The van der Waals surface area contributed by atoms with Gasteiger partial charge >= 0.3 is 0 Å². The lowest BCUT2D eigenvalue weighted by atomic mass is 10.2. The van der Waals surface area contributed by atoms with Crippen molar-refractivity contribution in [3.63, 3.8) is 0 Å². The molecule has 8 rings (SSSR count). The molecule has 0 spiro atoms. The molecule has 0 fully saturated rings. The number of anilines is 4. The molecule has 244 valence electrons. The van der Waals surface area contributed by atoms with Crippen LogP contribution in [0.25, 0.3) is 44.6 Å². The van der Waals surface area contributed by atoms with Gasteiger partial charge in [-0.15, -0.1) is 22.6 Å². The molecule has 0 amide bonds. The number of hydrogen-bond donors (Lipinski definition) is 2. The summed E-state index contributed by atoms with van der Waals surface area (Å²) in [6.45, 7) is 0. The third kappa shape index (κ3) is 7.36. The van der Waals surface area contributed by atoms with Gasteiger partial charge in [-0.1, -0.05) is 33.6 Å². The predicted octanol–water partition coefficient (Wildman–Crippen LogP) is 6.86. The summed E-state index contributed by atoms with van der Waals surface area (Å²) in [5.74, 6) is 1.31. The molecule has 0 radical (unpaired) electrons. The molecule has 0 saturated heterocycles. The number of hydrogen-bond acceptors (Lipinski definition) is 12. The van der Waals surface area contributed by atoms with Crippen LogP contribution >= 0.6 is 35.6 Å². The first-order chi connectivity index (χ1) is 23.4. The molecule has 0 atom stereocenters. The third-order valence-electron chi connectivity index (χ3n) is 7.17. The summed E-state index contributed by atoms with van der Waals surface area (Å²) in [6, 6.07) is 22.7. The van der Waals surface area contributed by atoms with E-state index >= 15 is 0 Å². The Morgan fingerprint density at radius 1 is 0.551 bits per heavy atom. The van der Waals surface area contributed by atoms with Gasteiger partial charge in [0.15, 0.2) is 0 Å². The number of nitrogens with one attached hydrogen (secondary N) is 2. The lowest BCUT2D eigenvalue weighted by Crippen LogP contribution is -1.96. The summed E-state index contributed by atoms with van der Waals surface area (Å²) < 4.78 is 3.46. The molecule has 0 unspecified atom stereocenters. The number of fused-ring (bicyclic) bond motifs is 2. The number of pyridine rings is 2. The van der Waals surface area contributed by atoms with Crippen LogP contribution < -0.4 is 10.6 Å². The molecule has 2 aromatic carbocycles. The molecule has 6 aromatic heterocycles. The standard InChI is InChI=1S/2C16H12ClN7.ClH/c2*1-24-14-5-4-10(7-13(14)22-23-24)21-15-8-12(19-9-20-15)11-3-2-6-18-16(11)17;/h2*2-9H,1H3,(H,19,20,21);1H. The minimum absolute atomic E-state index is 0. The van der Waals surface area contributed by atoms with Crippen LogP contribution in [0.4, 0.5) is 23.0 Å². The normalized spacial score (nSPS) is 10.7. The Balaban J connectivity index is 0.000000167. The predicted molar refractivity (Wildman–Crippen MR) is 191 cm³/mol. The van der Waals surface area contributed by atoms with E-state index < -0.39 is 0 Å². The van der Waals surface area contributed by atoms with Crippen molar-refractivity contribution in [2.75, 3.05) is 10.6 Å². The summed E-state index contributed by atoms with van der Waals surface area (Å²) in [4.78, 5) is 25.2. The SMILES string of the molecule is Cl.Cn1nnc2cc(Nc3cc(-c4cccnc4Cl)ncn3)ccc21.Cn1nnc2cc(Nc3cc(-c4cccnc4Cl)ncn3)ccc21. The van der Waals surface area contributed by atoms with Crippen molar-refractivity contribution in [3.05, 3.63) is 108 Å². The van der Waals surface area contributed by atoms with Gasteiger partial charge in [0.25, 0.3) is 0 Å². The Kier molecular flexibility index (Phi) is 9.80. The van der Waals surface area contributed by atoms with Gasteiger partial charge in [-0.05, 0) is 60.7 Å².